The van der Waals surface area contributed by atoms with Crippen LogP contribution in [0.2, 0.25) is 0 Å². The zero-order valence-corrected chi connectivity index (χ0v) is 11.6. The Labute approximate surface area is 118 Å². The van der Waals surface area contributed by atoms with Gasteiger partial charge in [0, 0.05) is 31.9 Å². The Morgan fingerprint density at radius 1 is 1.55 bits per heavy atom. The lowest BCUT2D eigenvalue weighted by atomic mass is 10.2. The molecule has 1 fully saturated rings. The number of nitrogen functional groups attached to an aromatic ring is 1. The summed E-state index contributed by atoms with van der Waals surface area (Å²) < 4.78 is 5.30. The number of hydrogen-bond donors (Lipinski definition) is 3. The quantitative estimate of drug-likeness (QED) is 0.511. The fourth-order valence-electron chi connectivity index (χ4n) is 2.16. The van der Waals surface area contributed by atoms with Gasteiger partial charge < -0.3 is 15.5 Å². The molecule has 1 saturated heterocycles. The molecule has 1 unspecified atom stereocenters. The summed E-state index contributed by atoms with van der Waals surface area (Å²) in [5.74, 6) is 5.12. The van der Waals surface area contributed by atoms with E-state index in [1.165, 1.54) is 0 Å². The predicted octanol–water partition coefficient (Wildman–Crippen LogP) is -0.182. The Morgan fingerprint density at radius 3 is 3.00 bits per heavy atom. The number of hydrazine groups is 1. The SMILES string of the molecule is CC(CN1CCOCC1)NC(=O)c1cc(NN)ccn1. The fraction of sp³-hybridized carbons (Fsp3) is 0.538. The maximum atomic E-state index is 12.1. The van der Waals surface area contributed by atoms with Gasteiger partial charge in [-0.25, -0.2) is 0 Å². The molecule has 4 N–H and O–H groups in total. The van der Waals surface area contributed by atoms with E-state index in [-0.39, 0.29) is 11.9 Å². The standard InChI is InChI=1S/C13H21N5O2/c1-10(9-18-4-6-20-7-5-18)16-13(19)12-8-11(17-14)2-3-15-12/h2-3,8,10H,4-7,9,14H2,1H3,(H,15,17)(H,16,19). The number of nitrogens with one attached hydrogen (secondary N) is 2. The van der Waals surface area contributed by atoms with Gasteiger partial charge in [0.15, 0.2) is 0 Å². The van der Waals surface area contributed by atoms with Crippen molar-refractivity contribution in [3.8, 4) is 0 Å². The van der Waals surface area contributed by atoms with Gasteiger partial charge in [0.2, 0.25) is 0 Å². The topological polar surface area (TPSA) is 92.5 Å². The molecule has 0 bridgehead atoms. The molecule has 7 nitrogen and oxygen atoms in total. The Kier molecular flexibility index (Phi) is 5.28. The smallest absolute Gasteiger partial charge is 0.270 e. The van der Waals surface area contributed by atoms with Crippen molar-refractivity contribution in [2.45, 2.75) is 13.0 Å². The monoisotopic (exact) mass is 279 g/mol. The molecule has 1 aromatic heterocycles. The van der Waals surface area contributed by atoms with Gasteiger partial charge in [0.25, 0.3) is 5.91 Å². The summed E-state index contributed by atoms with van der Waals surface area (Å²) in [7, 11) is 0. The van der Waals surface area contributed by atoms with Crippen molar-refractivity contribution in [2.24, 2.45) is 5.84 Å². The molecule has 0 spiro atoms. The fourth-order valence-corrected chi connectivity index (χ4v) is 2.16. The summed E-state index contributed by atoms with van der Waals surface area (Å²) >= 11 is 0. The van der Waals surface area contributed by atoms with Crippen LogP contribution in [0.1, 0.15) is 17.4 Å². The van der Waals surface area contributed by atoms with Gasteiger partial charge in [-0.3, -0.25) is 20.5 Å². The van der Waals surface area contributed by atoms with Crippen LogP contribution in [0, 0.1) is 0 Å². The van der Waals surface area contributed by atoms with Gasteiger partial charge >= 0.3 is 0 Å². The maximum Gasteiger partial charge on any atom is 0.270 e. The molecule has 7 heteroatoms. The first-order chi connectivity index (χ1) is 9.69. The Morgan fingerprint density at radius 2 is 2.30 bits per heavy atom. The van der Waals surface area contributed by atoms with Crippen LogP contribution in [-0.2, 0) is 4.74 Å². The number of hydrogen-bond acceptors (Lipinski definition) is 6. The van der Waals surface area contributed by atoms with Crippen LogP contribution in [0.15, 0.2) is 18.3 Å². The first-order valence-corrected chi connectivity index (χ1v) is 6.72. The summed E-state index contributed by atoms with van der Waals surface area (Å²) in [5.41, 5.74) is 3.51. The van der Waals surface area contributed by atoms with E-state index in [9.17, 15) is 4.79 Å². The van der Waals surface area contributed by atoms with Crippen LogP contribution in [0.5, 0.6) is 0 Å². The Bertz CT molecular complexity index is 448. The zero-order valence-electron chi connectivity index (χ0n) is 11.6. The van der Waals surface area contributed by atoms with E-state index in [2.05, 4.69) is 20.6 Å². The number of nitrogens with two attached hydrogens (primary N) is 1. The second-order valence-electron chi connectivity index (χ2n) is 4.86. The van der Waals surface area contributed by atoms with Crippen molar-refractivity contribution in [2.75, 3.05) is 38.3 Å². The lowest BCUT2D eigenvalue weighted by molar-refractivity contribution is 0.0342. The first kappa shape index (κ1) is 14.7. The van der Waals surface area contributed by atoms with E-state index < -0.39 is 0 Å². The third-order valence-electron chi connectivity index (χ3n) is 3.17. The molecular weight excluding hydrogens is 258 g/mol. The van der Waals surface area contributed by atoms with Crippen LogP contribution in [0.4, 0.5) is 5.69 Å². The number of amides is 1. The molecule has 0 radical (unpaired) electrons. The summed E-state index contributed by atoms with van der Waals surface area (Å²) in [6.07, 6.45) is 1.55. The van der Waals surface area contributed by atoms with Gasteiger partial charge in [-0.2, -0.15) is 0 Å². The third kappa shape index (κ3) is 4.16. The van der Waals surface area contributed by atoms with Gasteiger partial charge in [0.05, 0.1) is 18.9 Å². The van der Waals surface area contributed by atoms with Crippen LogP contribution >= 0.6 is 0 Å². The highest BCUT2D eigenvalue weighted by atomic mass is 16.5. The Hall–Kier alpha value is -1.70. The minimum atomic E-state index is -0.192. The highest BCUT2D eigenvalue weighted by Crippen LogP contribution is 2.06. The van der Waals surface area contributed by atoms with E-state index in [0.717, 1.165) is 32.8 Å². The molecule has 0 aliphatic carbocycles. The molecule has 1 aliphatic heterocycles. The van der Waals surface area contributed by atoms with Crippen molar-refractivity contribution in [1.29, 1.82) is 0 Å². The van der Waals surface area contributed by atoms with E-state index >= 15 is 0 Å². The summed E-state index contributed by atoms with van der Waals surface area (Å²) in [5, 5.41) is 2.94. The number of aromatic nitrogens is 1. The number of morpholine rings is 1. The number of carbonyl (C=O) groups excluding carboxylic acids is 1. The molecular formula is C13H21N5O2. The largest absolute Gasteiger partial charge is 0.379 e. The van der Waals surface area contributed by atoms with Crippen molar-refractivity contribution in [3.63, 3.8) is 0 Å². The molecule has 20 heavy (non-hydrogen) atoms. The van der Waals surface area contributed by atoms with Gasteiger partial charge in [0.1, 0.15) is 5.69 Å². The number of rotatable bonds is 5. The van der Waals surface area contributed by atoms with Crippen LogP contribution in [-0.4, -0.2) is 54.7 Å². The first-order valence-electron chi connectivity index (χ1n) is 6.72. The van der Waals surface area contributed by atoms with E-state index in [0.29, 0.717) is 11.4 Å². The number of ether oxygens (including phenoxy) is 1. The van der Waals surface area contributed by atoms with Gasteiger partial charge in [-0.15, -0.1) is 0 Å². The maximum absolute atomic E-state index is 12.1. The predicted molar refractivity (Wildman–Crippen MR) is 76.2 cm³/mol. The molecule has 0 aromatic carbocycles. The molecule has 2 rings (SSSR count). The second-order valence-corrected chi connectivity index (χ2v) is 4.86. The minimum absolute atomic E-state index is 0.0527. The van der Waals surface area contributed by atoms with Crippen molar-refractivity contribution in [1.82, 2.24) is 15.2 Å². The van der Waals surface area contributed by atoms with Crippen molar-refractivity contribution < 1.29 is 9.53 Å². The highest BCUT2D eigenvalue weighted by molar-refractivity contribution is 5.93. The number of pyridine rings is 1. The average Bonchev–Trinajstić information content (AvgIpc) is 2.48. The van der Waals surface area contributed by atoms with Crippen LogP contribution in [0.25, 0.3) is 0 Å². The molecule has 2 heterocycles. The molecule has 1 amide bonds. The zero-order chi connectivity index (χ0) is 14.4. The van der Waals surface area contributed by atoms with Gasteiger partial charge in [-0.1, -0.05) is 0 Å². The molecule has 1 atom stereocenters. The number of anilines is 1. The highest BCUT2D eigenvalue weighted by Gasteiger charge is 2.16. The third-order valence-corrected chi connectivity index (χ3v) is 3.17. The summed E-state index contributed by atoms with van der Waals surface area (Å²) in [6, 6.07) is 3.38. The summed E-state index contributed by atoms with van der Waals surface area (Å²) in [6.45, 7) is 6.12. The van der Waals surface area contributed by atoms with E-state index in [1.807, 2.05) is 6.92 Å². The number of carbonyl (C=O) groups is 1. The minimum Gasteiger partial charge on any atom is -0.379 e. The second kappa shape index (κ2) is 7.18. The van der Waals surface area contributed by atoms with Crippen LogP contribution in [0.3, 0.4) is 0 Å². The van der Waals surface area contributed by atoms with E-state index in [1.54, 1.807) is 18.3 Å². The molecule has 110 valence electrons. The van der Waals surface area contributed by atoms with Crippen molar-refractivity contribution >= 4 is 11.6 Å². The lowest BCUT2D eigenvalue weighted by Gasteiger charge is -2.29. The number of nitrogens with zero attached hydrogens (tertiary/aromatic N) is 2. The Balaban J connectivity index is 1.86. The van der Waals surface area contributed by atoms with Crippen molar-refractivity contribution in [3.05, 3.63) is 24.0 Å². The average molecular weight is 279 g/mol. The molecule has 0 saturated carbocycles. The normalized spacial score (nSPS) is 17.5. The summed E-state index contributed by atoms with van der Waals surface area (Å²) in [4.78, 5) is 18.4. The van der Waals surface area contributed by atoms with Crippen LogP contribution < -0.4 is 16.6 Å². The van der Waals surface area contributed by atoms with E-state index in [4.69, 9.17) is 10.6 Å². The molecule has 1 aromatic rings. The lowest BCUT2D eigenvalue weighted by Crippen LogP contribution is -2.46. The van der Waals surface area contributed by atoms with Gasteiger partial charge in [-0.05, 0) is 19.1 Å². The molecule has 1 aliphatic rings.